The van der Waals surface area contributed by atoms with Crippen LogP contribution in [0.15, 0.2) is 18.2 Å². The number of piperidine rings is 1. The Morgan fingerprint density at radius 2 is 1.96 bits per heavy atom. The third-order valence-corrected chi connectivity index (χ3v) is 4.96. The summed E-state index contributed by atoms with van der Waals surface area (Å²) in [5, 5.41) is 3.59. The van der Waals surface area contributed by atoms with Crippen LogP contribution >= 0.6 is 11.6 Å². The summed E-state index contributed by atoms with van der Waals surface area (Å²) in [7, 11) is 3.85. The summed E-state index contributed by atoms with van der Waals surface area (Å²) < 4.78 is 0. The van der Waals surface area contributed by atoms with E-state index < -0.39 is 0 Å². The number of rotatable bonds is 4. The van der Waals surface area contributed by atoms with Gasteiger partial charge in [0.2, 0.25) is 11.8 Å². The average Bonchev–Trinajstić information content (AvgIpc) is 3.39. The highest BCUT2D eigenvalue weighted by Crippen LogP contribution is 2.33. The normalized spacial score (nSPS) is 20.6. The number of nitrogens with zero attached hydrogens (tertiary/aromatic N) is 2. The molecule has 5 nitrogen and oxygen atoms in total. The van der Waals surface area contributed by atoms with Gasteiger partial charge in [-0.1, -0.05) is 11.6 Å². The van der Waals surface area contributed by atoms with Crippen molar-refractivity contribution in [3.8, 4) is 0 Å². The molecule has 24 heavy (non-hydrogen) atoms. The fourth-order valence-electron chi connectivity index (χ4n) is 3.21. The summed E-state index contributed by atoms with van der Waals surface area (Å²) in [6.45, 7) is 1.30. The third-order valence-electron chi connectivity index (χ3n) is 4.73. The Balaban J connectivity index is 1.68. The lowest BCUT2D eigenvalue weighted by molar-refractivity contribution is -0.135. The summed E-state index contributed by atoms with van der Waals surface area (Å²) in [6, 6.07) is 5.47. The summed E-state index contributed by atoms with van der Waals surface area (Å²) >= 11 is 6.07. The van der Waals surface area contributed by atoms with E-state index in [9.17, 15) is 9.59 Å². The molecule has 3 rings (SSSR count). The van der Waals surface area contributed by atoms with Crippen molar-refractivity contribution >= 4 is 34.8 Å². The Bertz CT molecular complexity index is 643. The van der Waals surface area contributed by atoms with Crippen LogP contribution in [0.4, 0.5) is 11.4 Å². The lowest BCUT2D eigenvalue weighted by atomic mass is 9.96. The molecule has 0 spiro atoms. The van der Waals surface area contributed by atoms with E-state index in [1.807, 2.05) is 36.0 Å². The van der Waals surface area contributed by atoms with Crippen molar-refractivity contribution in [3.63, 3.8) is 0 Å². The molecule has 2 amide bonds. The number of anilines is 2. The van der Waals surface area contributed by atoms with E-state index in [1.165, 1.54) is 0 Å². The van der Waals surface area contributed by atoms with E-state index in [4.69, 9.17) is 11.6 Å². The second-order valence-electron chi connectivity index (χ2n) is 6.94. The molecule has 0 unspecified atom stereocenters. The minimum absolute atomic E-state index is 0.0336. The Kier molecular flexibility index (Phi) is 4.99. The molecule has 1 aliphatic heterocycles. The van der Waals surface area contributed by atoms with Gasteiger partial charge in [0.1, 0.15) is 0 Å². The predicted octanol–water partition coefficient (Wildman–Crippen LogP) is 2.99. The number of hydrogen-bond acceptors (Lipinski definition) is 3. The number of hydrogen-bond donors (Lipinski definition) is 1. The first-order valence-corrected chi connectivity index (χ1v) is 8.90. The van der Waals surface area contributed by atoms with Crippen LogP contribution in [0.25, 0.3) is 0 Å². The molecule has 0 aromatic heterocycles. The molecular formula is C18H24ClN3O2. The zero-order valence-corrected chi connectivity index (χ0v) is 15.0. The zero-order valence-electron chi connectivity index (χ0n) is 14.2. The monoisotopic (exact) mass is 349 g/mol. The number of nitrogens with one attached hydrogen (secondary N) is 1. The predicted molar refractivity (Wildman–Crippen MR) is 96.4 cm³/mol. The van der Waals surface area contributed by atoms with Gasteiger partial charge in [-0.05, 0) is 43.9 Å². The van der Waals surface area contributed by atoms with Crippen molar-refractivity contribution in [1.82, 2.24) is 4.90 Å². The summed E-state index contributed by atoms with van der Waals surface area (Å²) in [4.78, 5) is 28.8. The average molecular weight is 350 g/mol. The molecule has 1 saturated heterocycles. The number of benzene rings is 1. The van der Waals surface area contributed by atoms with Crippen molar-refractivity contribution in [2.24, 2.45) is 11.8 Å². The van der Waals surface area contributed by atoms with Gasteiger partial charge in [0.05, 0.1) is 17.3 Å². The quantitative estimate of drug-likeness (QED) is 0.909. The van der Waals surface area contributed by atoms with Gasteiger partial charge in [-0.2, -0.15) is 0 Å². The van der Waals surface area contributed by atoms with Crippen LogP contribution in [0.5, 0.6) is 0 Å². The van der Waals surface area contributed by atoms with Gasteiger partial charge < -0.3 is 15.1 Å². The van der Waals surface area contributed by atoms with Crippen molar-refractivity contribution in [2.75, 3.05) is 37.4 Å². The topological polar surface area (TPSA) is 52.7 Å². The molecule has 1 aromatic rings. The molecule has 1 aromatic carbocycles. The standard InChI is InChI=1S/C18H24ClN3O2/c1-21(2)16-8-7-14(19)10-15(16)20-17(23)13-4-3-9-22(11-13)18(24)12-5-6-12/h7-8,10,12-13H,3-6,9,11H2,1-2H3,(H,20,23)/t13-/m0/s1. The number of carbonyl (C=O) groups excluding carboxylic acids is 2. The van der Waals surface area contributed by atoms with Gasteiger partial charge in [-0.15, -0.1) is 0 Å². The first-order chi connectivity index (χ1) is 11.5. The zero-order chi connectivity index (χ0) is 17.3. The second kappa shape index (κ2) is 7.01. The highest BCUT2D eigenvalue weighted by atomic mass is 35.5. The van der Waals surface area contributed by atoms with E-state index in [2.05, 4.69) is 5.32 Å². The number of amides is 2. The SMILES string of the molecule is CN(C)c1ccc(Cl)cc1NC(=O)[C@H]1CCCN(C(=O)C2CC2)C1. The Hall–Kier alpha value is -1.75. The largest absolute Gasteiger partial charge is 0.376 e. The van der Waals surface area contributed by atoms with Crippen molar-refractivity contribution in [1.29, 1.82) is 0 Å². The van der Waals surface area contributed by atoms with E-state index in [0.717, 1.165) is 37.9 Å². The maximum atomic E-state index is 12.7. The van der Waals surface area contributed by atoms with Crippen molar-refractivity contribution in [2.45, 2.75) is 25.7 Å². The fourth-order valence-corrected chi connectivity index (χ4v) is 3.39. The lowest BCUT2D eigenvalue weighted by Crippen LogP contribution is -2.44. The molecule has 0 bridgehead atoms. The van der Waals surface area contributed by atoms with Crippen LogP contribution in [0.1, 0.15) is 25.7 Å². The molecule has 1 saturated carbocycles. The van der Waals surface area contributed by atoms with Crippen molar-refractivity contribution in [3.05, 3.63) is 23.2 Å². The van der Waals surface area contributed by atoms with Crippen LogP contribution in [-0.2, 0) is 9.59 Å². The molecule has 2 aliphatic rings. The number of halogens is 1. The smallest absolute Gasteiger partial charge is 0.229 e. The van der Waals surface area contributed by atoms with E-state index in [-0.39, 0.29) is 23.7 Å². The summed E-state index contributed by atoms with van der Waals surface area (Å²) in [5.41, 5.74) is 1.62. The number of carbonyl (C=O) groups is 2. The highest BCUT2D eigenvalue weighted by Gasteiger charge is 2.36. The van der Waals surface area contributed by atoms with Gasteiger partial charge in [0, 0.05) is 38.1 Å². The van der Waals surface area contributed by atoms with Crippen LogP contribution in [0.2, 0.25) is 5.02 Å². The molecule has 2 fully saturated rings. The van der Waals surface area contributed by atoms with Gasteiger partial charge in [0.15, 0.2) is 0 Å². The lowest BCUT2D eigenvalue weighted by Gasteiger charge is -2.32. The first-order valence-electron chi connectivity index (χ1n) is 8.52. The summed E-state index contributed by atoms with van der Waals surface area (Å²) in [6.07, 6.45) is 3.70. The minimum Gasteiger partial charge on any atom is -0.376 e. The van der Waals surface area contributed by atoms with Gasteiger partial charge in [-0.3, -0.25) is 9.59 Å². The molecule has 0 radical (unpaired) electrons. The van der Waals surface area contributed by atoms with E-state index in [0.29, 0.717) is 17.3 Å². The molecule has 6 heteroatoms. The van der Waals surface area contributed by atoms with Crippen LogP contribution < -0.4 is 10.2 Å². The van der Waals surface area contributed by atoms with Crippen LogP contribution in [-0.4, -0.2) is 43.9 Å². The minimum atomic E-state index is -0.157. The molecular weight excluding hydrogens is 326 g/mol. The first kappa shape index (κ1) is 17.1. The van der Waals surface area contributed by atoms with Crippen LogP contribution in [0, 0.1) is 11.8 Å². The molecule has 1 atom stereocenters. The highest BCUT2D eigenvalue weighted by molar-refractivity contribution is 6.31. The summed E-state index contributed by atoms with van der Waals surface area (Å²) in [5.74, 6) is 0.244. The van der Waals surface area contributed by atoms with E-state index in [1.54, 1.807) is 6.07 Å². The third kappa shape index (κ3) is 3.83. The molecule has 1 aliphatic carbocycles. The van der Waals surface area contributed by atoms with Gasteiger partial charge in [0.25, 0.3) is 0 Å². The Morgan fingerprint density at radius 1 is 1.21 bits per heavy atom. The maximum Gasteiger partial charge on any atom is 0.229 e. The van der Waals surface area contributed by atoms with Gasteiger partial charge in [-0.25, -0.2) is 0 Å². The molecule has 130 valence electrons. The van der Waals surface area contributed by atoms with E-state index >= 15 is 0 Å². The van der Waals surface area contributed by atoms with Crippen LogP contribution in [0.3, 0.4) is 0 Å². The second-order valence-corrected chi connectivity index (χ2v) is 7.38. The Labute approximate surface area is 147 Å². The number of likely N-dealkylation sites (tertiary alicyclic amines) is 1. The Morgan fingerprint density at radius 3 is 2.62 bits per heavy atom. The van der Waals surface area contributed by atoms with Gasteiger partial charge >= 0.3 is 0 Å². The molecule has 1 heterocycles. The fraction of sp³-hybridized carbons (Fsp3) is 0.556. The molecule has 1 N–H and O–H groups in total. The maximum absolute atomic E-state index is 12.7. The van der Waals surface area contributed by atoms with Crippen molar-refractivity contribution < 1.29 is 9.59 Å².